The summed E-state index contributed by atoms with van der Waals surface area (Å²) in [6.45, 7) is 9.66. The van der Waals surface area contributed by atoms with Gasteiger partial charge in [0.15, 0.2) is 0 Å². The van der Waals surface area contributed by atoms with Crippen LogP contribution in [0.25, 0.3) is 0 Å². The average molecular weight is 256 g/mol. The molecule has 1 aliphatic heterocycles. The van der Waals surface area contributed by atoms with Crippen molar-refractivity contribution in [3.8, 4) is 0 Å². The maximum atomic E-state index is 12.2. The Kier molecular flexibility index (Phi) is 6.36. The molecule has 4 nitrogen and oxygen atoms in total. The Morgan fingerprint density at radius 1 is 1.61 bits per heavy atom. The second-order valence-corrected chi connectivity index (χ2v) is 5.31. The number of rotatable bonds is 5. The van der Waals surface area contributed by atoms with E-state index >= 15 is 0 Å². The number of allylic oxidation sites excluding steroid dienone is 2. The van der Waals surface area contributed by atoms with Crippen LogP contribution in [0.5, 0.6) is 0 Å². The van der Waals surface area contributed by atoms with E-state index in [1.165, 1.54) is 0 Å². The van der Waals surface area contributed by atoms with Crippen molar-refractivity contribution >= 4 is 5.91 Å². The van der Waals surface area contributed by atoms with E-state index in [1.807, 2.05) is 19.9 Å². The van der Waals surface area contributed by atoms with Crippen LogP contribution in [0.3, 0.4) is 0 Å². The maximum absolute atomic E-state index is 12.2. The van der Waals surface area contributed by atoms with Gasteiger partial charge in [0.1, 0.15) is 6.23 Å². The normalized spacial score (nSPS) is 25.3. The molecule has 1 aliphatic rings. The van der Waals surface area contributed by atoms with Crippen molar-refractivity contribution in [1.29, 1.82) is 0 Å². The highest BCUT2D eigenvalue weighted by Gasteiger charge is 2.31. The summed E-state index contributed by atoms with van der Waals surface area (Å²) in [5, 5.41) is 6.21. The molecular weight excluding hydrogens is 228 g/mol. The summed E-state index contributed by atoms with van der Waals surface area (Å²) >= 11 is 0. The molecule has 0 aromatic rings. The van der Waals surface area contributed by atoms with Crippen molar-refractivity contribution in [2.45, 2.75) is 46.8 Å². The van der Waals surface area contributed by atoms with E-state index in [2.05, 4.69) is 24.5 Å². The lowest BCUT2D eigenvalue weighted by Crippen LogP contribution is -2.49. The fourth-order valence-corrected chi connectivity index (χ4v) is 1.96. The monoisotopic (exact) mass is 256 g/mol. The Bertz CT molecular complexity index is 306. The number of carbonyl (C=O) groups excluding carboxylic acids is 1. The first kappa shape index (κ1) is 15.2. The SMILES string of the molecule is C/C=C(\C)NC(=O)C1CCCNC1OCC(C)C.[HH]. The molecule has 1 heterocycles. The first-order chi connectivity index (χ1) is 8.54. The van der Waals surface area contributed by atoms with Crippen LogP contribution < -0.4 is 10.6 Å². The van der Waals surface area contributed by atoms with Crippen LogP contribution in [-0.4, -0.2) is 25.3 Å². The van der Waals surface area contributed by atoms with E-state index in [0.29, 0.717) is 12.5 Å². The molecule has 0 aliphatic carbocycles. The summed E-state index contributed by atoms with van der Waals surface area (Å²) < 4.78 is 5.80. The molecule has 2 atom stereocenters. The third kappa shape index (κ3) is 4.78. The van der Waals surface area contributed by atoms with Gasteiger partial charge in [-0.3, -0.25) is 10.1 Å². The lowest BCUT2D eigenvalue weighted by molar-refractivity contribution is -0.133. The standard InChI is InChI=1S/C14H26N2O2.H2/c1-5-11(4)16-13(17)12-7-6-8-15-14(12)18-9-10(2)3;/h5,10,12,14-15H,6-9H2,1-4H3,(H,16,17);1H/b11-5+;. The molecule has 2 unspecified atom stereocenters. The minimum absolute atomic E-state index is 0. The van der Waals surface area contributed by atoms with Gasteiger partial charge in [-0.2, -0.15) is 0 Å². The van der Waals surface area contributed by atoms with E-state index < -0.39 is 0 Å². The third-order valence-corrected chi connectivity index (χ3v) is 3.10. The molecule has 0 spiro atoms. The van der Waals surface area contributed by atoms with Crippen LogP contribution in [-0.2, 0) is 9.53 Å². The zero-order chi connectivity index (χ0) is 13.5. The predicted octanol–water partition coefficient (Wildman–Crippen LogP) is 2.27. The van der Waals surface area contributed by atoms with Gasteiger partial charge in [0.05, 0.1) is 12.5 Å². The van der Waals surface area contributed by atoms with Crippen LogP contribution in [0.2, 0.25) is 0 Å². The highest BCUT2D eigenvalue weighted by atomic mass is 16.5. The average Bonchev–Trinajstić information content (AvgIpc) is 2.36. The summed E-state index contributed by atoms with van der Waals surface area (Å²) in [7, 11) is 0. The lowest BCUT2D eigenvalue weighted by Gasteiger charge is -2.32. The van der Waals surface area contributed by atoms with Crippen LogP contribution in [0.15, 0.2) is 11.8 Å². The number of ether oxygens (including phenoxy) is 1. The largest absolute Gasteiger partial charge is 0.362 e. The van der Waals surface area contributed by atoms with Gasteiger partial charge in [-0.05, 0) is 39.2 Å². The van der Waals surface area contributed by atoms with Gasteiger partial charge in [0.2, 0.25) is 5.91 Å². The number of piperidine rings is 1. The zero-order valence-corrected chi connectivity index (χ0v) is 12.0. The molecule has 0 radical (unpaired) electrons. The predicted molar refractivity (Wildman–Crippen MR) is 75.0 cm³/mol. The molecule has 1 rings (SSSR count). The fraction of sp³-hybridized carbons (Fsp3) is 0.786. The Hall–Kier alpha value is -0.870. The molecule has 18 heavy (non-hydrogen) atoms. The van der Waals surface area contributed by atoms with E-state index in [-0.39, 0.29) is 19.5 Å². The van der Waals surface area contributed by atoms with Gasteiger partial charge in [0, 0.05) is 7.12 Å². The van der Waals surface area contributed by atoms with Crippen LogP contribution in [0.1, 0.15) is 42.0 Å². The number of amides is 1. The number of hydrogen-bond acceptors (Lipinski definition) is 3. The van der Waals surface area contributed by atoms with Crippen molar-refractivity contribution in [2.75, 3.05) is 13.2 Å². The first-order valence-corrected chi connectivity index (χ1v) is 6.83. The van der Waals surface area contributed by atoms with Gasteiger partial charge in [-0.25, -0.2) is 0 Å². The van der Waals surface area contributed by atoms with Gasteiger partial charge in [-0.1, -0.05) is 19.9 Å². The van der Waals surface area contributed by atoms with E-state index in [9.17, 15) is 4.79 Å². The molecule has 0 bridgehead atoms. The number of carbonyl (C=O) groups is 1. The minimum atomic E-state index is -0.147. The molecular formula is C14H28N2O2. The molecule has 106 valence electrons. The fourth-order valence-electron chi connectivity index (χ4n) is 1.96. The highest BCUT2D eigenvalue weighted by Crippen LogP contribution is 2.19. The molecule has 1 saturated heterocycles. The second-order valence-electron chi connectivity index (χ2n) is 5.31. The topological polar surface area (TPSA) is 50.4 Å². The zero-order valence-electron chi connectivity index (χ0n) is 12.0. The summed E-state index contributed by atoms with van der Waals surface area (Å²) in [5.41, 5.74) is 0.896. The van der Waals surface area contributed by atoms with E-state index in [0.717, 1.165) is 25.1 Å². The molecule has 0 saturated carbocycles. The second kappa shape index (κ2) is 7.54. The quantitative estimate of drug-likeness (QED) is 0.793. The van der Waals surface area contributed by atoms with Gasteiger partial charge >= 0.3 is 0 Å². The van der Waals surface area contributed by atoms with Crippen molar-refractivity contribution in [3.63, 3.8) is 0 Å². The van der Waals surface area contributed by atoms with Crippen molar-refractivity contribution in [1.82, 2.24) is 10.6 Å². The molecule has 0 aromatic heterocycles. The summed E-state index contributed by atoms with van der Waals surface area (Å²) in [6.07, 6.45) is 3.66. The summed E-state index contributed by atoms with van der Waals surface area (Å²) in [6, 6.07) is 0. The summed E-state index contributed by atoms with van der Waals surface area (Å²) in [5.74, 6) is 0.452. The van der Waals surface area contributed by atoms with Crippen LogP contribution in [0.4, 0.5) is 0 Å². The number of nitrogens with one attached hydrogen (secondary N) is 2. The Morgan fingerprint density at radius 2 is 2.33 bits per heavy atom. The minimum Gasteiger partial charge on any atom is -0.362 e. The van der Waals surface area contributed by atoms with E-state index in [4.69, 9.17) is 4.74 Å². The Balaban J connectivity index is 0.00000324. The van der Waals surface area contributed by atoms with E-state index in [1.54, 1.807) is 0 Å². The van der Waals surface area contributed by atoms with Crippen molar-refractivity contribution < 1.29 is 11.0 Å². The number of hydrogen-bond donors (Lipinski definition) is 2. The molecule has 1 fully saturated rings. The Morgan fingerprint density at radius 3 is 2.94 bits per heavy atom. The highest BCUT2D eigenvalue weighted by molar-refractivity contribution is 5.80. The maximum Gasteiger partial charge on any atom is 0.231 e. The lowest BCUT2D eigenvalue weighted by atomic mass is 9.96. The molecule has 0 aromatic carbocycles. The van der Waals surface area contributed by atoms with Gasteiger partial charge in [0.25, 0.3) is 0 Å². The van der Waals surface area contributed by atoms with Crippen LogP contribution in [0, 0.1) is 11.8 Å². The molecule has 4 heteroatoms. The third-order valence-electron chi connectivity index (χ3n) is 3.10. The van der Waals surface area contributed by atoms with Crippen LogP contribution >= 0.6 is 0 Å². The van der Waals surface area contributed by atoms with Gasteiger partial charge < -0.3 is 10.1 Å². The van der Waals surface area contributed by atoms with Crippen molar-refractivity contribution in [2.24, 2.45) is 11.8 Å². The van der Waals surface area contributed by atoms with Gasteiger partial charge in [-0.15, -0.1) is 0 Å². The Labute approximate surface area is 112 Å². The first-order valence-electron chi connectivity index (χ1n) is 6.83. The van der Waals surface area contributed by atoms with Crippen molar-refractivity contribution in [3.05, 3.63) is 11.8 Å². The summed E-state index contributed by atoms with van der Waals surface area (Å²) in [4.78, 5) is 12.2. The molecule has 2 N–H and O–H groups in total. The smallest absolute Gasteiger partial charge is 0.231 e. The molecule has 1 amide bonds.